The van der Waals surface area contributed by atoms with Crippen molar-refractivity contribution < 1.29 is 0 Å². The molecule has 1 aliphatic rings. The van der Waals surface area contributed by atoms with E-state index in [0.29, 0.717) is 6.04 Å². The van der Waals surface area contributed by atoms with Crippen LogP contribution in [0, 0.1) is 0 Å². The Morgan fingerprint density at radius 1 is 1.44 bits per heavy atom. The van der Waals surface area contributed by atoms with Gasteiger partial charge in [0.2, 0.25) is 0 Å². The van der Waals surface area contributed by atoms with E-state index >= 15 is 0 Å². The molecule has 3 heteroatoms. The van der Waals surface area contributed by atoms with Crippen molar-refractivity contribution in [1.82, 2.24) is 4.98 Å². The molecule has 3 nitrogen and oxygen atoms in total. The van der Waals surface area contributed by atoms with E-state index in [4.69, 9.17) is 5.73 Å². The van der Waals surface area contributed by atoms with Crippen LogP contribution in [-0.2, 0) is 6.42 Å². The van der Waals surface area contributed by atoms with E-state index in [1.165, 1.54) is 31.2 Å². The monoisotopic (exact) mass is 247 g/mol. The molecule has 2 N–H and O–H groups in total. The third kappa shape index (κ3) is 3.22. The van der Waals surface area contributed by atoms with Crippen LogP contribution in [0.4, 0.5) is 5.82 Å². The summed E-state index contributed by atoms with van der Waals surface area (Å²) in [4.78, 5) is 7.09. The maximum Gasteiger partial charge on any atom is 0.131 e. The van der Waals surface area contributed by atoms with Gasteiger partial charge in [0.25, 0.3) is 0 Å². The molecule has 100 valence electrons. The Balaban J connectivity index is 2.24. The molecule has 0 amide bonds. The first-order valence-corrected chi connectivity index (χ1v) is 7.14. The topological polar surface area (TPSA) is 42.1 Å². The van der Waals surface area contributed by atoms with E-state index in [1.807, 2.05) is 12.3 Å². The molecule has 0 bridgehead atoms. The highest BCUT2D eigenvalue weighted by molar-refractivity contribution is 5.48. The van der Waals surface area contributed by atoms with Crippen LogP contribution in [-0.4, -0.2) is 23.6 Å². The summed E-state index contributed by atoms with van der Waals surface area (Å²) in [6, 6.07) is 4.97. The molecule has 2 rings (SSSR count). The van der Waals surface area contributed by atoms with Crippen LogP contribution in [0.25, 0.3) is 0 Å². The molecule has 18 heavy (non-hydrogen) atoms. The Hall–Kier alpha value is -1.09. The van der Waals surface area contributed by atoms with Gasteiger partial charge in [0.15, 0.2) is 0 Å². The van der Waals surface area contributed by atoms with Crippen molar-refractivity contribution in [1.29, 1.82) is 0 Å². The van der Waals surface area contributed by atoms with Crippen molar-refractivity contribution in [3.8, 4) is 0 Å². The lowest BCUT2D eigenvalue weighted by Crippen LogP contribution is -2.34. The van der Waals surface area contributed by atoms with Gasteiger partial charge in [0.05, 0.1) is 0 Å². The minimum atomic E-state index is 0.190. The molecule has 0 aliphatic carbocycles. The molecule has 1 aromatic rings. The summed E-state index contributed by atoms with van der Waals surface area (Å²) in [7, 11) is 0. The van der Waals surface area contributed by atoms with Crippen molar-refractivity contribution in [3.63, 3.8) is 0 Å². The van der Waals surface area contributed by atoms with Crippen LogP contribution < -0.4 is 10.6 Å². The fraction of sp³-hybridized carbons (Fsp3) is 0.667. The van der Waals surface area contributed by atoms with E-state index in [1.54, 1.807) is 0 Å². The molecule has 1 fully saturated rings. The average Bonchev–Trinajstić information content (AvgIpc) is 2.54. The van der Waals surface area contributed by atoms with Gasteiger partial charge in [-0.2, -0.15) is 0 Å². The van der Waals surface area contributed by atoms with Crippen LogP contribution in [0.15, 0.2) is 18.3 Å². The number of anilines is 1. The predicted molar refractivity (Wildman–Crippen MR) is 76.9 cm³/mol. The minimum Gasteiger partial charge on any atom is -0.354 e. The standard InChI is InChI=1S/C15H25N3/c1-12(16)11-14-8-6-9-17-15(14)18-10-5-3-4-7-13(18)2/h6,8-9,12-13H,3-5,7,10-11,16H2,1-2H3. The quantitative estimate of drug-likeness (QED) is 0.893. The van der Waals surface area contributed by atoms with E-state index in [0.717, 1.165) is 18.8 Å². The smallest absolute Gasteiger partial charge is 0.131 e. The number of hydrogen-bond acceptors (Lipinski definition) is 3. The maximum atomic E-state index is 5.94. The highest BCUT2D eigenvalue weighted by Crippen LogP contribution is 2.25. The Bertz CT molecular complexity index is 376. The number of rotatable bonds is 3. The first-order valence-electron chi connectivity index (χ1n) is 7.14. The van der Waals surface area contributed by atoms with Gasteiger partial charge in [-0.15, -0.1) is 0 Å². The number of nitrogens with zero attached hydrogens (tertiary/aromatic N) is 2. The Morgan fingerprint density at radius 2 is 2.28 bits per heavy atom. The van der Waals surface area contributed by atoms with Crippen molar-refractivity contribution in [2.24, 2.45) is 5.73 Å². The molecule has 0 aromatic carbocycles. The van der Waals surface area contributed by atoms with Crippen LogP contribution in [0.1, 0.15) is 45.1 Å². The fourth-order valence-electron chi connectivity index (χ4n) is 2.78. The molecule has 1 aliphatic heterocycles. The van der Waals surface area contributed by atoms with Gasteiger partial charge in [-0.1, -0.05) is 18.9 Å². The van der Waals surface area contributed by atoms with Crippen molar-refractivity contribution in [2.75, 3.05) is 11.4 Å². The van der Waals surface area contributed by atoms with Gasteiger partial charge < -0.3 is 10.6 Å². The van der Waals surface area contributed by atoms with Gasteiger partial charge in [-0.3, -0.25) is 0 Å². The normalized spacial score (nSPS) is 22.6. The second-order valence-electron chi connectivity index (χ2n) is 5.56. The minimum absolute atomic E-state index is 0.190. The van der Waals surface area contributed by atoms with Crippen LogP contribution >= 0.6 is 0 Å². The Kier molecular flexibility index (Phi) is 4.59. The predicted octanol–water partition coefficient (Wildman–Crippen LogP) is 2.74. The van der Waals surface area contributed by atoms with Crippen LogP contribution in [0.3, 0.4) is 0 Å². The second-order valence-corrected chi connectivity index (χ2v) is 5.56. The summed E-state index contributed by atoms with van der Waals surface area (Å²) in [6.45, 7) is 5.50. The highest BCUT2D eigenvalue weighted by Gasteiger charge is 2.20. The molecule has 2 unspecified atom stereocenters. The molecule has 2 atom stereocenters. The van der Waals surface area contributed by atoms with Crippen LogP contribution in [0.2, 0.25) is 0 Å². The summed E-state index contributed by atoms with van der Waals surface area (Å²) in [5, 5.41) is 0. The molecule has 1 aromatic heterocycles. The molecular weight excluding hydrogens is 222 g/mol. The molecular formula is C15H25N3. The van der Waals surface area contributed by atoms with E-state index in [-0.39, 0.29) is 6.04 Å². The number of pyridine rings is 1. The lowest BCUT2D eigenvalue weighted by atomic mass is 10.1. The summed E-state index contributed by atoms with van der Waals surface area (Å²) in [6.07, 6.45) is 8.04. The first-order chi connectivity index (χ1) is 8.68. The molecule has 2 heterocycles. The van der Waals surface area contributed by atoms with Gasteiger partial charge in [0.1, 0.15) is 5.82 Å². The fourth-order valence-corrected chi connectivity index (χ4v) is 2.78. The zero-order valence-corrected chi connectivity index (χ0v) is 11.6. The Morgan fingerprint density at radius 3 is 3.06 bits per heavy atom. The number of aromatic nitrogens is 1. The van der Waals surface area contributed by atoms with E-state index < -0.39 is 0 Å². The van der Waals surface area contributed by atoms with Crippen molar-refractivity contribution in [2.45, 2.75) is 58.0 Å². The van der Waals surface area contributed by atoms with Gasteiger partial charge in [0, 0.05) is 24.8 Å². The summed E-state index contributed by atoms with van der Waals surface area (Å²) in [5.41, 5.74) is 7.23. The Labute approximate surface area is 110 Å². The second kappa shape index (κ2) is 6.19. The van der Waals surface area contributed by atoms with Crippen LogP contribution in [0.5, 0.6) is 0 Å². The van der Waals surface area contributed by atoms with Gasteiger partial charge >= 0.3 is 0 Å². The van der Waals surface area contributed by atoms with E-state index in [2.05, 4.69) is 29.8 Å². The highest BCUT2D eigenvalue weighted by atomic mass is 15.2. The summed E-state index contributed by atoms with van der Waals surface area (Å²) < 4.78 is 0. The lowest BCUT2D eigenvalue weighted by molar-refractivity contribution is 0.606. The zero-order chi connectivity index (χ0) is 13.0. The molecule has 0 radical (unpaired) electrons. The maximum absolute atomic E-state index is 5.94. The SMILES string of the molecule is CC(N)Cc1cccnc1N1CCCCCC1C. The largest absolute Gasteiger partial charge is 0.354 e. The van der Waals surface area contributed by atoms with Gasteiger partial charge in [-0.05, 0) is 44.7 Å². The lowest BCUT2D eigenvalue weighted by Gasteiger charge is -2.30. The third-order valence-electron chi connectivity index (χ3n) is 3.73. The average molecular weight is 247 g/mol. The molecule has 1 saturated heterocycles. The zero-order valence-electron chi connectivity index (χ0n) is 11.6. The van der Waals surface area contributed by atoms with Crippen molar-refractivity contribution in [3.05, 3.63) is 23.9 Å². The van der Waals surface area contributed by atoms with Crippen molar-refractivity contribution >= 4 is 5.82 Å². The third-order valence-corrected chi connectivity index (χ3v) is 3.73. The first kappa shape index (κ1) is 13.3. The number of nitrogens with two attached hydrogens (primary N) is 1. The summed E-state index contributed by atoms with van der Waals surface area (Å²) in [5.74, 6) is 1.16. The van der Waals surface area contributed by atoms with E-state index in [9.17, 15) is 0 Å². The molecule has 0 spiro atoms. The molecule has 0 saturated carbocycles. The number of hydrogen-bond donors (Lipinski definition) is 1. The summed E-state index contributed by atoms with van der Waals surface area (Å²) >= 11 is 0. The van der Waals surface area contributed by atoms with Gasteiger partial charge in [-0.25, -0.2) is 4.98 Å².